The molecule has 3 aliphatic rings. The van der Waals surface area contributed by atoms with E-state index in [0.717, 1.165) is 31.2 Å². The van der Waals surface area contributed by atoms with Crippen LogP contribution in [0, 0.1) is 5.92 Å². The maximum absolute atomic E-state index is 14.7. The quantitative estimate of drug-likeness (QED) is 0.626. The van der Waals surface area contributed by atoms with Gasteiger partial charge in [0, 0.05) is 12.1 Å². The minimum Gasteiger partial charge on any atom is -0.493 e. The van der Waals surface area contributed by atoms with Crippen LogP contribution in [0.1, 0.15) is 51.0 Å². The Morgan fingerprint density at radius 3 is 2.65 bits per heavy atom. The molecule has 2 amide bonds. The molecule has 1 aromatic carbocycles. The molecule has 3 fully saturated rings. The number of carbonyl (C=O) groups excluding carboxylic acids is 2. The molecule has 8 heteroatoms. The summed E-state index contributed by atoms with van der Waals surface area (Å²) in [5, 5.41) is 3.25. The smallest absolute Gasteiger partial charge is 0.243 e. The maximum atomic E-state index is 14.7. The number of likely N-dealkylation sites (N-methyl/N-ethyl adjacent to an activating group) is 1. The Kier molecular flexibility index (Phi) is 7.65. The van der Waals surface area contributed by atoms with Gasteiger partial charge in [-0.25, -0.2) is 4.39 Å². The zero-order chi connectivity index (χ0) is 24.4. The van der Waals surface area contributed by atoms with Gasteiger partial charge in [-0.3, -0.25) is 9.59 Å². The fraction of sp³-hybridized carbons (Fsp3) is 0.692. The minimum atomic E-state index is -1.07. The molecule has 1 aliphatic heterocycles. The van der Waals surface area contributed by atoms with E-state index in [9.17, 15) is 14.0 Å². The maximum Gasteiger partial charge on any atom is 0.243 e. The van der Waals surface area contributed by atoms with Crippen LogP contribution in [0.15, 0.2) is 18.2 Å². The fourth-order valence-corrected chi connectivity index (χ4v) is 6.19. The van der Waals surface area contributed by atoms with Gasteiger partial charge in [0.15, 0.2) is 11.5 Å². The Morgan fingerprint density at radius 1 is 1.18 bits per heavy atom. The number of fused-ring (bicyclic) bond motifs is 2. The Labute approximate surface area is 201 Å². The van der Waals surface area contributed by atoms with Crippen molar-refractivity contribution < 1.29 is 23.5 Å². The van der Waals surface area contributed by atoms with Crippen LogP contribution < -0.4 is 14.8 Å². The molecule has 1 saturated heterocycles. The summed E-state index contributed by atoms with van der Waals surface area (Å²) in [5.41, 5.74) is 0.752. The van der Waals surface area contributed by atoms with Gasteiger partial charge < -0.3 is 24.6 Å². The summed E-state index contributed by atoms with van der Waals surface area (Å²) < 4.78 is 25.7. The molecule has 2 bridgehead atoms. The van der Waals surface area contributed by atoms with Crippen molar-refractivity contribution in [3.8, 4) is 11.5 Å². The van der Waals surface area contributed by atoms with Crippen molar-refractivity contribution in [2.75, 3.05) is 27.8 Å². The summed E-state index contributed by atoms with van der Waals surface area (Å²) in [6.07, 6.45) is 4.14. The zero-order valence-electron chi connectivity index (χ0n) is 20.8. The van der Waals surface area contributed by atoms with Gasteiger partial charge in [0.1, 0.15) is 12.2 Å². The standard InChI is InChI=1S/C26H38FN3O4/c1-5-34-22-11-10-16(12-23(22)33-4)13-24(31)30-21-15-17(14-18(21)27)25(30)26(32)28-19-8-6-7-9-20(19)29(2)3/h10-12,17-21,25H,5-9,13-15H2,1-4H3,(H,28,32)/t17?,18-,19-,20-,21?,25-/m0/s1. The normalized spacial score (nSPS) is 30.5. The van der Waals surface area contributed by atoms with E-state index in [2.05, 4.69) is 10.2 Å². The van der Waals surface area contributed by atoms with Gasteiger partial charge in [0.05, 0.1) is 26.2 Å². The SMILES string of the molecule is CCOc1ccc(CC(=O)N2C3CC(C[C@@H]3F)[C@H]2C(=O)N[C@H]2CCCC[C@@H]2N(C)C)cc1OC. The van der Waals surface area contributed by atoms with Gasteiger partial charge in [-0.1, -0.05) is 18.9 Å². The van der Waals surface area contributed by atoms with Crippen molar-refractivity contribution in [3.05, 3.63) is 23.8 Å². The van der Waals surface area contributed by atoms with E-state index in [-0.39, 0.29) is 36.2 Å². The van der Waals surface area contributed by atoms with Crippen molar-refractivity contribution in [3.63, 3.8) is 0 Å². The molecule has 1 heterocycles. The molecule has 0 spiro atoms. The topological polar surface area (TPSA) is 71.1 Å². The molecule has 2 saturated carbocycles. The van der Waals surface area contributed by atoms with Crippen molar-refractivity contribution in [1.29, 1.82) is 0 Å². The second kappa shape index (κ2) is 10.5. The second-order valence-corrected chi connectivity index (χ2v) is 10.1. The molecule has 0 radical (unpaired) electrons. The van der Waals surface area contributed by atoms with E-state index < -0.39 is 18.3 Å². The van der Waals surface area contributed by atoms with Crippen molar-refractivity contribution in [2.45, 2.75) is 82.2 Å². The molecule has 7 nitrogen and oxygen atoms in total. The third-order valence-corrected chi connectivity index (χ3v) is 7.75. The lowest BCUT2D eigenvalue weighted by molar-refractivity contribution is -0.144. The molecule has 2 aliphatic carbocycles. The Morgan fingerprint density at radius 2 is 1.94 bits per heavy atom. The van der Waals surface area contributed by atoms with E-state index in [1.54, 1.807) is 24.1 Å². The highest BCUT2D eigenvalue weighted by Gasteiger charge is 2.56. The molecule has 34 heavy (non-hydrogen) atoms. The molecule has 1 N–H and O–H groups in total. The number of halogens is 1. The number of ether oxygens (including phenoxy) is 2. The number of amides is 2. The van der Waals surface area contributed by atoms with Crippen LogP contribution in [-0.4, -0.2) is 79.8 Å². The number of carbonyl (C=O) groups is 2. The van der Waals surface area contributed by atoms with Gasteiger partial charge in [-0.15, -0.1) is 0 Å². The predicted molar refractivity (Wildman–Crippen MR) is 128 cm³/mol. The van der Waals surface area contributed by atoms with Gasteiger partial charge in [0.2, 0.25) is 11.8 Å². The van der Waals surface area contributed by atoms with Crippen molar-refractivity contribution in [1.82, 2.24) is 15.1 Å². The molecule has 4 rings (SSSR count). The Bertz CT molecular complexity index is 895. The highest BCUT2D eigenvalue weighted by Crippen LogP contribution is 2.44. The highest BCUT2D eigenvalue weighted by molar-refractivity contribution is 5.90. The Hall–Kier alpha value is -2.35. The number of benzene rings is 1. The molecule has 6 atom stereocenters. The summed E-state index contributed by atoms with van der Waals surface area (Å²) in [4.78, 5) is 30.6. The van der Waals surface area contributed by atoms with Gasteiger partial charge in [-0.05, 0) is 70.3 Å². The van der Waals surface area contributed by atoms with Gasteiger partial charge >= 0.3 is 0 Å². The number of piperidine rings is 1. The number of rotatable bonds is 8. The summed E-state index contributed by atoms with van der Waals surface area (Å²) in [7, 11) is 5.64. The summed E-state index contributed by atoms with van der Waals surface area (Å²) >= 11 is 0. The van der Waals surface area contributed by atoms with E-state index in [1.165, 1.54) is 0 Å². The van der Waals surface area contributed by atoms with E-state index >= 15 is 0 Å². The lowest BCUT2D eigenvalue weighted by Gasteiger charge is -2.40. The summed E-state index contributed by atoms with van der Waals surface area (Å²) in [5.74, 6) is 0.704. The van der Waals surface area contributed by atoms with E-state index in [4.69, 9.17) is 9.47 Å². The molecule has 1 aromatic rings. The monoisotopic (exact) mass is 475 g/mol. The number of hydrogen-bond donors (Lipinski definition) is 1. The number of hydrogen-bond acceptors (Lipinski definition) is 5. The fourth-order valence-electron chi connectivity index (χ4n) is 6.19. The first-order chi connectivity index (χ1) is 16.3. The average molecular weight is 476 g/mol. The van der Waals surface area contributed by atoms with Crippen LogP contribution in [0.2, 0.25) is 0 Å². The van der Waals surface area contributed by atoms with E-state index in [0.29, 0.717) is 30.9 Å². The van der Waals surface area contributed by atoms with Crippen LogP contribution >= 0.6 is 0 Å². The van der Waals surface area contributed by atoms with Crippen LogP contribution in [0.25, 0.3) is 0 Å². The lowest BCUT2D eigenvalue weighted by atomic mass is 9.88. The molecule has 2 unspecified atom stereocenters. The average Bonchev–Trinajstić information content (AvgIpc) is 3.37. The summed E-state index contributed by atoms with van der Waals surface area (Å²) in [6, 6.07) is 4.62. The minimum absolute atomic E-state index is 0.0591. The predicted octanol–water partition coefficient (Wildman–Crippen LogP) is 2.95. The van der Waals surface area contributed by atoms with Crippen LogP contribution in [-0.2, 0) is 16.0 Å². The Balaban J connectivity index is 1.50. The first-order valence-electron chi connectivity index (χ1n) is 12.6. The zero-order valence-corrected chi connectivity index (χ0v) is 20.8. The van der Waals surface area contributed by atoms with Crippen molar-refractivity contribution >= 4 is 11.8 Å². The summed E-state index contributed by atoms with van der Waals surface area (Å²) in [6.45, 7) is 2.40. The number of nitrogens with zero attached hydrogens (tertiary/aromatic N) is 2. The first kappa shape index (κ1) is 24.8. The van der Waals surface area contributed by atoms with Gasteiger partial charge in [0.25, 0.3) is 0 Å². The number of nitrogens with one attached hydrogen (secondary N) is 1. The third kappa shape index (κ3) is 4.88. The van der Waals surface area contributed by atoms with Crippen molar-refractivity contribution in [2.24, 2.45) is 5.92 Å². The molecule has 0 aromatic heterocycles. The molecular weight excluding hydrogens is 437 g/mol. The molecule has 188 valence electrons. The number of likely N-dealkylation sites (tertiary alicyclic amines) is 1. The molecular formula is C26H38FN3O4. The number of methoxy groups -OCH3 is 1. The van der Waals surface area contributed by atoms with Gasteiger partial charge in [-0.2, -0.15) is 0 Å². The lowest BCUT2D eigenvalue weighted by Crippen LogP contribution is -2.59. The number of alkyl halides is 1. The van der Waals surface area contributed by atoms with E-state index in [1.807, 2.05) is 27.1 Å². The highest BCUT2D eigenvalue weighted by atomic mass is 19.1. The third-order valence-electron chi connectivity index (χ3n) is 7.75. The van der Waals surface area contributed by atoms with Crippen LogP contribution in [0.4, 0.5) is 4.39 Å². The second-order valence-electron chi connectivity index (χ2n) is 10.1. The first-order valence-corrected chi connectivity index (χ1v) is 12.6. The van der Waals surface area contributed by atoms with Crippen LogP contribution in [0.3, 0.4) is 0 Å². The largest absolute Gasteiger partial charge is 0.493 e. The van der Waals surface area contributed by atoms with Crippen LogP contribution in [0.5, 0.6) is 11.5 Å².